The molecule has 0 radical (unpaired) electrons. The summed E-state index contributed by atoms with van der Waals surface area (Å²) < 4.78 is 5.28. The Morgan fingerprint density at radius 1 is 1.35 bits per heavy atom. The second-order valence-corrected chi connectivity index (χ2v) is 4.91. The molecule has 0 aromatic rings. The van der Waals surface area contributed by atoms with Gasteiger partial charge in [-0.1, -0.05) is 58.9 Å². The molecule has 0 spiro atoms. The van der Waals surface area contributed by atoms with E-state index in [1.54, 1.807) is 12.2 Å². The maximum absolute atomic E-state index is 11.7. The minimum absolute atomic E-state index is 0.0339. The highest BCUT2D eigenvalue weighted by molar-refractivity contribution is 5.91. The van der Waals surface area contributed by atoms with Gasteiger partial charge in [-0.2, -0.15) is 0 Å². The van der Waals surface area contributed by atoms with Crippen LogP contribution in [0.2, 0.25) is 0 Å². The van der Waals surface area contributed by atoms with E-state index in [0.717, 1.165) is 19.3 Å². The normalized spacial score (nSPS) is 12.1. The lowest BCUT2D eigenvalue weighted by atomic mass is 9.88. The Morgan fingerprint density at radius 3 is 2.47 bits per heavy atom. The smallest absolute Gasteiger partial charge is 0.338 e. The van der Waals surface area contributed by atoms with Crippen molar-refractivity contribution in [3.63, 3.8) is 0 Å². The van der Waals surface area contributed by atoms with Gasteiger partial charge in [0.05, 0.1) is 12.2 Å². The molecule has 17 heavy (non-hydrogen) atoms. The van der Waals surface area contributed by atoms with Gasteiger partial charge in [0, 0.05) is 0 Å². The molecule has 0 saturated carbocycles. The average molecular weight is 236 g/mol. The molecule has 0 aliphatic heterocycles. The second-order valence-electron chi connectivity index (χ2n) is 4.91. The number of carbonyl (C=O) groups excluding carboxylic acids is 1. The van der Waals surface area contributed by atoms with Crippen molar-refractivity contribution in [3.05, 3.63) is 37.0 Å². The predicted octanol–water partition coefficient (Wildman–Crippen LogP) is 4.04. The van der Waals surface area contributed by atoms with E-state index in [0.29, 0.717) is 12.2 Å². The quantitative estimate of drug-likeness (QED) is 0.361. The molecule has 0 N–H and O–H groups in total. The van der Waals surface area contributed by atoms with Gasteiger partial charge in [-0.25, -0.2) is 4.79 Å². The maximum atomic E-state index is 11.7. The van der Waals surface area contributed by atoms with Crippen LogP contribution >= 0.6 is 0 Å². The van der Waals surface area contributed by atoms with Crippen molar-refractivity contribution in [2.24, 2.45) is 5.41 Å². The fraction of sp³-hybridized carbons (Fsp3) is 0.533. The van der Waals surface area contributed by atoms with Gasteiger partial charge < -0.3 is 4.74 Å². The molecule has 0 aromatic carbocycles. The lowest BCUT2D eigenvalue weighted by Gasteiger charge is -2.23. The van der Waals surface area contributed by atoms with Gasteiger partial charge in [-0.3, -0.25) is 0 Å². The van der Waals surface area contributed by atoms with Crippen LogP contribution in [0.25, 0.3) is 0 Å². The summed E-state index contributed by atoms with van der Waals surface area (Å²) in [5.41, 5.74) is 0.484. The standard InChI is InChI=1S/C15H24O2/c1-6-9-11-15(4,5)12-17-14(16)13(8-3)10-7-2/h7-8,10H,2-3,6,9,11-12H2,1,4-5H3/b13-10+. The Bertz CT molecular complexity index is 298. The first-order chi connectivity index (χ1) is 7.96. The van der Waals surface area contributed by atoms with Crippen molar-refractivity contribution >= 4 is 5.97 Å². The number of hydrogen-bond acceptors (Lipinski definition) is 2. The number of esters is 1. The molecule has 0 fully saturated rings. The van der Waals surface area contributed by atoms with Crippen LogP contribution in [0.3, 0.4) is 0 Å². The molecule has 0 saturated heterocycles. The van der Waals surface area contributed by atoms with E-state index in [1.165, 1.54) is 6.08 Å². The molecule has 2 heteroatoms. The van der Waals surface area contributed by atoms with Gasteiger partial charge in [0.1, 0.15) is 0 Å². The summed E-state index contributed by atoms with van der Waals surface area (Å²) in [7, 11) is 0. The molecular formula is C15H24O2. The molecule has 0 unspecified atom stereocenters. The van der Waals surface area contributed by atoms with Gasteiger partial charge in [0.25, 0.3) is 0 Å². The summed E-state index contributed by atoms with van der Waals surface area (Å²) in [5.74, 6) is -0.329. The molecular weight excluding hydrogens is 212 g/mol. The molecule has 0 aliphatic rings. The summed E-state index contributed by atoms with van der Waals surface area (Å²) in [6, 6.07) is 0. The number of ether oxygens (including phenoxy) is 1. The molecule has 0 aliphatic carbocycles. The number of unbranched alkanes of at least 4 members (excludes halogenated alkanes) is 1. The number of allylic oxidation sites excluding steroid dienone is 2. The molecule has 0 heterocycles. The Kier molecular flexibility index (Phi) is 7.27. The van der Waals surface area contributed by atoms with Gasteiger partial charge in [0.2, 0.25) is 0 Å². The summed E-state index contributed by atoms with van der Waals surface area (Å²) in [4.78, 5) is 11.7. The molecule has 0 atom stereocenters. The zero-order valence-corrected chi connectivity index (χ0v) is 11.3. The highest BCUT2D eigenvalue weighted by Gasteiger charge is 2.20. The first-order valence-corrected chi connectivity index (χ1v) is 6.09. The molecule has 0 amide bonds. The topological polar surface area (TPSA) is 26.3 Å². The monoisotopic (exact) mass is 236 g/mol. The van der Waals surface area contributed by atoms with E-state index in [-0.39, 0.29) is 11.4 Å². The third-order valence-corrected chi connectivity index (χ3v) is 2.55. The number of hydrogen-bond donors (Lipinski definition) is 0. The van der Waals surface area contributed by atoms with Crippen molar-refractivity contribution in [2.75, 3.05) is 6.61 Å². The van der Waals surface area contributed by atoms with Crippen LogP contribution in [0.1, 0.15) is 40.0 Å². The van der Waals surface area contributed by atoms with E-state index in [2.05, 4.69) is 33.9 Å². The predicted molar refractivity (Wildman–Crippen MR) is 72.7 cm³/mol. The van der Waals surface area contributed by atoms with Crippen molar-refractivity contribution in [3.8, 4) is 0 Å². The van der Waals surface area contributed by atoms with Gasteiger partial charge >= 0.3 is 5.97 Å². The van der Waals surface area contributed by atoms with Crippen molar-refractivity contribution < 1.29 is 9.53 Å². The van der Waals surface area contributed by atoms with Crippen LogP contribution in [0.5, 0.6) is 0 Å². The minimum Gasteiger partial charge on any atom is -0.462 e. The molecule has 0 bridgehead atoms. The van der Waals surface area contributed by atoms with Gasteiger partial charge in [-0.05, 0) is 17.9 Å². The van der Waals surface area contributed by atoms with Crippen LogP contribution in [0, 0.1) is 5.41 Å². The number of rotatable bonds is 8. The molecule has 2 nitrogen and oxygen atoms in total. The zero-order chi connectivity index (χ0) is 13.3. The van der Waals surface area contributed by atoms with E-state index >= 15 is 0 Å². The van der Waals surface area contributed by atoms with Crippen molar-refractivity contribution in [1.29, 1.82) is 0 Å². The average Bonchev–Trinajstić information content (AvgIpc) is 2.30. The van der Waals surface area contributed by atoms with Crippen LogP contribution in [-0.4, -0.2) is 12.6 Å². The molecule has 96 valence electrons. The first kappa shape index (κ1) is 15.7. The fourth-order valence-corrected chi connectivity index (χ4v) is 1.42. The summed E-state index contributed by atoms with van der Waals surface area (Å²) in [6.45, 7) is 13.9. The van der Waals surface area contributed by atoms with Gasteiger partial charge in [0.15, 0.2) is 0 Å². The second kappa shape index (κ2) is 7.88. The van der Waals surface area contributed by atoms with Crippen LogP contribution in [0.4, 0.5) is 0 Å². The third-order valence-electron chi connectivity index (χ3n) is 2.55. The van der Waals surface area contributed by atoms with E-state index in [4.69, 9.17) is 4.74 Å². The first-order valence-electron chi connectivity index (χ1n) is 6.09. The minimum atomic E-state index is -0.329. The van der Waals surface area contributed by atoms with Crippen LogP contribution in [-0.2, 0) is 9.53 Å². The van der Waals surface area contributed by atoms with E-state index in [1.807, 2.05) is 0 Å². The van der Waals surface area contributed by atoms with Crippen molar-refractivity contribution in [1.82, 2.24) is 0 Å². The Hall–Kier alpha value is -1.31. The van der Waals surface area contributed by atoms with Crippen molar-refractivity contribution in [2.45, 2.75) is 40.0 Å². The Balaban J connectivity index is 4.27. The Labute approximate surface area is 105 Å². The van der Waals surface area contributed by atoms with E-state index < -0.39 is 0 Å². The van der Waals surface area contributed by atoms with E-state index in [9.17, 15) is 4.79 Å². The lowest BCUT2D eigenvalue weighted by Crippen LogP contribution is -2.22. The number of carbonyl (C=O) groups is 1. The maximum Gasteiger partial charge on any atom is 0.338 e. The zero-order valence-electron chi connectivity index (χ0n) is 11.3. The largest absolute Gasteiger partial charge is 0.462 e. The summed E-state index contributed by atoms with van der Waals surface area (Å²) in [6.07, 6.45) is 8.02. The summed E-state index contributed by atoms with van der Waals surface area (Å²) in [5, 5.41) is 0. The van der Waals surface area contributed by atoms with Crippen LogP contribution in [0.15, 0.2) is 37.0 Å². The SMILES string of the molecule is C=C/C=C(\C=C)C(=O)OCC(C)(C)CCCC. The van der Waals surface area contributed by atoms with Crippen LogP contribution < -0.4 is 0 Å². The lowest BCUT2D eigenvalue weighted by molar-refractivity contribution is -0.141. The summed E-state index contributed by atoms with van der Waals surface area (Å²) >= 11 is 0. The highest BCUT2D eigenvalue weighted by Crippen LogP contribution is 2.23. The Morgan fingerprint density at radius 2 is 2.00 bits per heavy atom. The third kappa shape index (κ3) is 6.77. The van der Waals surface area contributed by atoms with Gasteiger partial charge in [-0.15, -0.1) is 0 Å². The molecule has 0 aromatic heterocycles. The molecule has 0 rings (SSSR count). The fourth-order valence-electron chi connectivity index (χ4n) is 1.42. The highest BCUT2D eigenvalue weighted by atomic mass is 16.5.